The molecule has 0 radical (unpaired) electrons. The Labute approximate surface area is 159 Å². The molecule has 1 heterocycles. The minimum absolute atomic E-state index is 0.713. The third-order valence-corrected chi connectivity index (χ3v) is 5.40. The predicted molar refractivity (Wildman–Crippen MR) is 106 cm³/mol. The molecule has 0 aliphatic carbocycles. The van der Waals surface area contributed by atoms with Crippen molar-refractivity contribution in [1.82, 2.24) is 5.32 Å². The van der Waals surface area contributed by atoms with Crippen LogP contribution < -0.4 is 5.32 Å². The van der Waals surface area contributed by atoms with E-state index in [4.69, 9.17) is 10.2 Å². The van der Waals surface area contributed by atoms with Gasteiger partial charge in [-0.25, -0.2) is 4.79 Å². The van der Waals surface area contributed by atoms with Crippen molar-refractivity contribution < 1.29 is 15.0 Å². The summed E-state index contributed by atoms with van der Waals surface area (Å²) in [7, 11) is 0. The van der Waals surface area contributed by atoms with Crippen LogP contribution in [-0.2, 0) is 4.79 Å². The number of aliphatic hydroxyl groups is 1. The standard InChI is InChI=1S/C18H21NS.C3H6O3/c1-14-6-8-16(9-7-14)20-18-5-3-2-4-17(18)15-10-12-19-13-11-15;1-2(4)3(5)6/h2-9,15,19H,10-13H2,1H3;2,4H,1H3,(H,5,6). The van der Waals surface area contributed by atoms with Crippen molar-refractivity contribution in [3.8, 4) is 0 Å². The van der Waals surface area contributed by atoms with Crippen LogP contribution in [0.1, 0.15) is 36.8 Å². The molecular weight excluding hydrogens is 346 g/mol. The first-order chi connectivity index (χ1) is 12.5. The molecule has 0 spiro atoms. The first kappa shape index (κ1) is 20.5. The van der Waals surface area contributed by atoms with Gasteiger partial charge in [-0.05, 0) is 69.5 Å². The van der Waals surface area contributed by atoms with Crippen LogP contribution in [0, 0.1) is 6.92 Å². The highest BCUT2D eigenvalue weighted by Crippen LogP contribution is 2.36. The molecule has 26 heavy (non-hydrogen) atoms. The molecule has 0 amide bonds. The van der Waals surface area contributed by atoms with E-state index in [1.165, 1.54) is 40.7 Å². The number of carbonyl (C=O) groups is 1. The number of hydrogen-bond acceptors (Lipinski definition) is 4. The molecule has 4 nitrogen and oxygen atoms in total. The number of aliphatic hydroxyl groups excluding tert-OH is 1. The van der Waals surface area contributed by atoms with Gasteiger partial charge in [0.2, 0.25) is 0 Å². The van der Waals surface area contributed by atoms with E-state index in [1.54, 1.807) is 0 Å². The third-order valence-electron chi connectivity index (χ3n) is 4.30. The zero-order chi connectivity index (χ0) is 18.9. The Balaban J connectivity index is 0.000000352. The number of piperidine rings is 1. The number of benzene rings is 2. The maximum Gasteiger partial charge on any atom is 0.332 e. The largest absolute Gasteiger partial charge is 0.479 e. The van der Waals surface area contributed by atoms with E-state index in [1.807, 2.05) is 11.8 Å². The number of hydrogen-bond donors (Lipinski definition) is 3. The maximum atomic E-state index is 9.45. The van der Waals surface area contributed by atoms with Gasteiger partial charge in [-0.15, -0.1) is 0 Å². The highest BCUT2D eigenvalue weighted by atomic mass is 32.2. The number of aryl methyl sites for hydroxylation is 1. The second-order valence-electron chi connectivity index (χ2n) is 6.49. The Kier molecular flexibility index (Phi) is 8.16. The van der Waals surface area contributed by atoms with Gasteiger partial charge in [0.15, 0.2) is 0 Å². The first-order valence-corrected chi connectivity index (χ1v) is 9.74. The number of aliphatic carboxylic acids is 1. The SMILES string of the molecule is CC(O)C(=O)O.Cc1ccc(Sc2ccccc2C2CCNCC2)cc1. The summed E-state index contributed by atoms with van der Waals surface area (Å²) in [5, 5.41) is 19.2. The van der Waals surface area contributed by atoms with E-state index in [2.05, 4.69) is 60.8 Å². The van der Waals surface area contributed by atoms with Crippen molar-refractivity contribution in [3.63, 3.8) is 0 Å². The molecule has 1 atom stereocenters. The molecule has 1 aliphatic heterocycles. The summed E-state index contributed by atoms with van der Waals surface area (Å²) in [6.45, 7) is 5.63. The summed E-state index contributed by atoms with van der Waals surface area (Å²) < 4.78 is 0. The average molecular weight is 374 g/mol. The summed E-state index contributed by atoms with van der Waals surface area (Å²) >= 11 is 1.90. The first-order valence-electron chi connectivity index (χ1n) is 8.92. The van der Waals surface area contributed by atoms with Gasteiger partial charge in [0, 0.05) is 9.79 Å². The Bertz CT molecular complexity index is 695. The minimum atomic E-state index is -1.23. The molecule has 1 fully saturated rings. The van der Waals surface area contributed by atoms with E-state index < -0.39 is 12.1 Å². The molecule has 0 aromatic heterocycles. The van der Waals surface area contributed by atoms with Gasteiger partial charge in [0.25, 0.3) is 0 Å². The van der Waals surface area contributed by atoms with Crippen molar-refractivity contribution >= 4 is 17.7 Å². The molecule has 2 aromatic carbocycles. The predicted octanol–water partition coefficient (Wildman–Crippen LogP) is 4.07. The average Bonchev–Trinajstić information content (AvgIpc) is 2.65. The van der Waals surface area contributed by atoms with Crippen LogP contribution in [0.25, 0.3) is 0 Å². The molecular formula is C21H27NO3S. The molecule has 1 unspecified atom stereocenters. The smallest absolute Gasteiger partial charge is 0.332 e. The van der Waals surface area contributed by atoms with Gasteiger partial charge >= 0.3 is 5.97 Å². The summed E-state index contributed by atoms with van der Waals surface area (Å²) in [6, 6.07) is 17.7. The van der Waals surface area contributed by atoms with Crippen molar-refractivity contribution in [2.45, 2.75) is 48.5 Å². The Morgan fingerprint density at radius 1 is 1.12 bits per heavy atom. The lowest BCUT2D eigenvalue weighted by molar-refractivity contribution is -0.145. The summed E-state index contributed by atoms with van der Waals surface area (Å²) in [5.41, 5.74) is 2.85. The van der Waals surface area contributed by atoms with Crippen LogP contribution in [0.4, 0.5) is 0 Å². The molecule has 3 rings (SSSR count). The Morgan fingerprint density at radius 3 is 2.27 bits per heavy atom. The summed E-state index contributed by atoms with van der Waals surface area (Å²) in [4.78, 5) is 12.2. The summed E-state index contributed by atoms with van der Waals surface area (Å²) in [5.74, 6) is -0.472. The van der Waals surface area contributed by atoms with Gasteiger partial charge in [0.05, 0.1) is 0 Å². The van der Waals surface area contributed by atoms with Gasteiger partial charge in [-0.1, -0.05) is 47.7 Å². The molecule has 0 saturated carbocycles. The van der Waals surface area contributed by atoms with Crippen molar-refractivity contribution in [2.24, 2.45) is 0 Å². The highest BCUT2D eigenvalue weighted by Gasteiger charge is 2.18. The van der Waals surface area contributed by atoms with E-state index >= 15 is 0 Å². The highest BCUT2D eigenvalue weighted by molar-refractivity contribution is 7.99. The number of rotatable bonds is 4. The molecule has 3 N–H and O–H groups in total. The second kappa shape index (κ2) is 10.4. The van der Waals surface area contributed by atoms with Crippen molar-refractivity contribution in [1.29, 1.82) is 0 Å². The van der Waals surface area contributed by atoms with Crippen LogP contribution in [-0.4, -0.2) is 35.4 Å². The van der Waals surface area contributed by atoms with Crippen LogP contribution in [0.15, 0.2) is 58.3 Å². The maximum absolute atomic E-state index is 9.45. The van der Waals surface area contributed by atoms with E-state index in [0.29, 0.717) is 5.92 Å². The fraction of sp³-hybridized carbons (Fsp3) is 0.381. The van der Waals surface area contributed by atoms with Crippen LogP contribution >= 0.6 is 11.8 Å². The fourth-order valence-corrected chi connectivity index (χ4v) is 3.80. The normalized spacial score (nSPS) is 15.7. The lowest BCUT2D eigenvalue weighted by Gasteiger charge is -2.24. The summed E-state index contributed by atoms with van der Waals surface area (Å²) in [6.07, 6.45) is 1.28. The third kappa shape index (κ3) is 6.48. The topological polar surface area (TPSA) is 69.6 Å². The van der Waals surface area contributed by atoms with Crippen LogP contribution in [0.5, 0.6) is 0 Å². The Hall–Kier alpha value is -1.82. The van der Waals surface area contributed by atoms with Gasteiger partial charge in [0.1, 0.15) is 6.10 Å². The van der Waals surface area contributed by atoms with Gasteiger partial charge < -0.3 is 15.5 Å². The molecule has 5 heteroatoms. The van der Waals surface area contributed by atoms with E-state index in [-0.39, 0.29) is 0 Å². The molecule has 0 bridgehead atoms. The fourth-order valence-electron chi connectivity index (χ4n) is 2.78. The zero-order valence-corrected chi connectivity index (χ0v) is 16.1. The molecule has 140 valence electrons. The van der Waals surface area contributed by atoms with Crippen molar-refractivity contribution in [3.05, 3.63) is 59.7 Å². The van der Waals surface area contributed by atoms with Crippen LogP contribution in [0.3, 0.4) is 0 Å². The number of carboxylic acids is 1. The molecule has 1 aliphatic rings. The second-order valence-corrected chi connectivity index (χ2v) is 7.61. The number of carboxylic acid groups (broad SMARTS) is 1. The van der Waals surface area contributed by atoms with Crippen LogP contribution in [0.2, 0.25) is 0 Å². The monoisotopic (exact) mass is 373 g/mol. The van der Waals surface area contributed by atoms with Crippen molar-refractivity contribution in [2.75, 3.05) is 13.1 Å². The molecule has 2 aromatic rings. The lowest BCUT2D eigenvalue weighted by Crippen LogP contribution is -2.26. The van der Waals surface area contributed by atoms with Gasteiger partial charge in [-0.2, -0.15) is 0 Å². The zero-order valence-electron chi connectivity index (χ0n) is 15.3. The molecule has 1 saturated heterocycles. The van der Waals surface area contributed by atoms with Gasteiger partial charge in [-0.3, -0.25) is 0 Å². The number of nitrogens with one attached hydrogen (secondary N) is 1. The lowest BCUT2D eigenvalue weighted by atomic mass is 9.90. The Morgan fingerprint density at radius 2 is 1.69 bits per heavy atom. The van der Waals surface area contributed by atoms with E-state index in [0.717, 1.165) is 13.1 Å². The minimum Gasteiger partial charge on any atom is -0.479 e. The quantitative estimate of drug-likeness (QED) is 0.754. The van der Waals surface area contributed by atoms with E-state index in [9.17, 15) is 4.79 Å².